The maximum absolute atomic E-state index is 5.95. The molecule has 122 valence electrons. The molecule has 0 amide bonds. The van der Waals surface area contributed by atoms with Crippen LogP contribution in [0.3, 0.4) is 0 Å². The van der Waals surface area contributed by atoms with Crippen LogP contribution in [0.5, 0.6) is 0 Å². The molecule has 0 saturated heterocycles. The van der Waals surface area contributed by atoms with Gasteiger partial charge in [0.15, 0.2) is 0 Å². The summed E-state index contributed by atoms with van der Waals surface area (Å²) in [4.78, 5) is 11.5. The van der Waals surface area contributed by atoms with Crippen LogP contribution in [0.25, 0.3) is 0 Å². The van der Waals surface area contributed by atoms with Crippen molar-refractivity contribution >= 4 is 0 Å². The summed E-state index contributed by atoms with van der Waals surface area (Å²) in [5, 5.41) is 0. The van der Waals surface area contributed by atoms with Gasteiger partial charge in [0.2, 0.25) is 0 Å². The van der Waals surface area contributed by atoms with Crippen LogP contribution in [-0.4, -0.2) is 11.7 Å². The Labute approximate surface area is 127 Å². The van der Waals surface area contributed by atoms with Gasteiger partial charge in [-0.2, -0.15) is 0 Å². The molecule has 20 heavy (non-hydrogen) atoms. The normalized spacial score (nSPS) is 15.0. The van der Waals surface area contributed by atoms with E-state index in [1.165, 1.54) is 51.4 Å². The third-order valence-corrected chi connectivity index (χ3v) is 4.13. The maximum atomic E-state index is 5.95. The molecular weight excluding hydrogens is 248 g/mol. The first-order chi connectivity index (χ1) is 9.50. The number of rotatable bonds is 13. The van der Waals surface area contributed by atoms with Crippen LogP contribution >= 0.6 is 0 Å². The molecule has 0 radical (unpaired) electrons. The van der Waals surface area contributed by atoms with Crippen LogP contribution in [0, 0.1) is 5.92 Å². The summed E-state index contributed by atoms with van der Waals surface area (Å²) in [6.07, 6.45) is 11.3. The summed E-state index contributed by atoms with van der Waals surface area (Å²) in [5.74, 6) is 0.618. The van der Waals surface area contributed by atoms with Crippen molar-refractivity contribution in [2.45, 2.75) is 111 Å². The third-order valence-electron chi connectivity index (χ3n) is 4.13. The topological polar surface area (TPSA) is 18.5 Å². The van der Waals surface area contributed by atoms with Gasteiger partial charge in [-0.1, -0.05) is 59.3 Å². The van der Waals surface area contributed by atoms with Crippen LogP contribution in [0.2, 0.25) is 0 Å². The molecule has 2 nitrogen and oxygen atoms in total. The average molecular weight is 286 g/mol. The first kappa shape index (κ1) is 19.9. The van der Waals surface area contributed by atoms with E-state index in [1.54, 1.807) is 0 Å². The minimum Gasteiger partial charge on any atom is -0.233 e. The van der Waals surface area contributed by atoms with Gasteiger partial charge in [0, 0.05) is 0 Å². The van der Waals surface area contributed by atoms with Gasteiger partial charge in [0.25, 0.3) is 0 Å². The van der Waals surface area contributed by atoms with E-state index in [4.69, 9.17) is 9.78 Å². The molecule has 1 unspecified atom stereocenters. The van der Waals surface area contributed by atoms with Crippen molar-refractivity contribution in [3.8, 4) is 0 Å². The van der Waals surface area contributed by atoms with Crippen LogP contribution in [0.4, 0.5) is 0 Å². The van der Waals surface area contributed by atoms with Crippen LogP contribution in [0.1, 0.15) is 99.3 Å². The van der Waals surface area contributed by atoms with E-state index < -0.39 is 0 Å². The van der Waals surface area contributed by atoms with Gasteiger partial charge in [0.1, 0.15) is 5.60 Å². The van der Waals surface area contributed by atoms with Crippen molar-refractivity contribution in [1.29, 1.82) is 0 Å². The molecule has 0 N–H and O–H groups in total. The van der Waals surface area contributed by atoms with E-state index in [2.05, 4.69) is 27.7 Å². The Bertz CT molecular complexity index is 207. The predicted octanol–water partition coefficient (Wildman–Crippen LogP) is 6.29. The van der Waals surface area contributed by atoms with Gasteiger partial charge >= 0.3 is 0 Å². The molecule has 0 heterocycles. The average Bonchev–Trinajstić information content (AvgIpc) is 2.43. The minimum atomic E-state index is -0.120. The largest absolute Gasteiger partial charge is 0.233 e. The summed E-state index contributed by atoms with van der Waals surface area (Å²) in [6.45, 7) is 13.1. The zero-order chi connectivity index (χ0) is 15.4. The smallest absolute Gasteiger partial charge is 0.104 e. The van der Waals surface area contributed by atoms with Crippen molar-refractivity contribution in [2.75, 3.05) is 0 Å². The molecular formula is C18H38O2. The maximum Gasteiger partial charge on any atom is 0.104 e. The highest BCUT2D eigenvalue weighted by Crippen LogP contribution is 2.35. The van der Waals surface area contributed by atoms with E-state index >= 15 is 0 Å². The quantitative estimate of drug-likeness (QED) is 0.292. The van der Waals surface area contributed by atoms with Crippen molar-refractivity contribution in [1.82, 2.24) is 0 Å². The van der Waals surface area contributed by atoms with Crippen molar-refractivity contribution in [3.63, 3.8) is 0 Å². The highest BCUT2D eigenvalue weighted by atomic mass is 17.2. The van der Waals surface area contributed by atoms with E-state index in [-0.39, 0.29) is 11.7 Å². The summed E-state index contributed by atoms with van der Waals surface area (Å²) < 4.78 is 0. The Hall–Kier alpha value is -0.0800. The van der Waals surface area contributed by atoms with E-state index in [0.29, 0.717) is 5.92 Å². The molecule has 0 aliphatic rings. The SMILES string of the molecule is CCCCC(CCCC)C(C)(CCCC)OOC(C)C. The summed E-state index contributed by atoms with van der Waals surface area (Å²) in [5.41, 5.74) is -0.120. The molecule has 0 aliphatic carbocycles. The molecule has 1 atom stereocenters. The van der Waals surface area contributed by atoms with E-state index in [9.17, 15) is 0 Å². The molecule has 0 aromatic rings. The molecule has 0 aromatic heterocycles. The lowest BCUT2D eigenvalue weighted by molar-refractivity contribution is -0.388. The van der Waals surface area contributed by atoms with E-state index in [0.717, 1.165) is 6.42 Å². The summed E-state index contributed by atoms with van der Waals surface area (Å²) >= 11 is 0. The minimum absolute atomic E-state index is 0.120. The van der Waals surface area contributed by atoms with Gasteiger partial charge in [0.05, 0.1) is 6.10 Å². The van der Waals surface area contributed by atoms with Crippen LogP contribution in [0.15, 0.2) is 0 Å². The summed E-state index contributed by atoms with van der Waals surface area (Å²) in [6, 6.07) is 0. The Kier molecular flexibility index (Phi) is 11.5. The van der Waals surface area contributed by atoms with Gasteiger partial charge in [-0.25, -0.2) is 9.78 Å². The first-order valence-corrected chi connectivity index (χ1v) is 8.84. The predicted molar refractivity (Wildman–Crippen MR) is 87.8 cm³/mol. The Morgan fingerprint density at radius 1 is 0.850 bits per heavy atom. The molecule has 0 fully saturated rings. The highest BCUT2D eigenvalue weighted by molar-refractivity contribution is 4.83. The first-order valence-electron chi connectivity index (χ1n) is 8.84. The molecule has 0 aromatic carbocycles. The second-order valence-corrected chi connectivity index (χ2v) is 6.63. The van der Waals surface area contributed by atoms with E-state index in [1.807, 2.05) is 13.8 Å². The zero-order valence-corrected chi connectivity index (χ0v) is 14.8. The summed E-state index contributed by atoms with van der Waals surface area (Å²) in [7, 11) is 0. The van der Waals surface area contributed by atoms with Gasteiger partial charge in [-0.15, -0.1) is 0 Å². The molecule has 0 spiro atoms. The van der Waals surface area contributed by atoms with Crippen LogP contribution < -0.4 is 0 Å². The second kappa shape index (κ2) is 11.6. The third kappa shape index (κ3) is 8.26. The number of unbranched alkanes of at least 4 members (excludes halogenated alkanes) is 3. The second-order valence-electron chi connectivity index (χ2n) is 6.63. The highest BCUT2D eigenvalue weighted by Gasteiger charge is 2.35. The fourth-order valence-corrected chi connectivity index (χ4v) is 2.70. The van der Waals surface area contributed by atoms with Gasteiger partial charge in [-0.3, -0.25) is 0 Å². The Balaban J connectivity index is 4.74. The van der Waals surface area contributed by atoms with Gasteiger partial charge in [-0.05, 0) is 46.0 Å². The standard InChI is InChI=1S/C18H38O2/c1-7-10-13-17(14-11-8-2)18(6,15-12-9-3)20-19-16(4)5/h16-17H,7-15H2,1-6H3. The number of hydrogen-bond donors (Lipinski definition) is 0. The monoisotopic (exact) mass is 286 g/mol. The Morgan fingerprint density at radius 3 is 1.75 bits per heavy atom. The number of hydrogen-bond acceptors (Lipinski definition) is 2. The molecule has 0 saturated carbocycles. The lowest BCUT2D eigenvalue weighted by atomic mass is 9.78. The lowest BCUT2D eigenvalue weighted by Crippen LogP contribution is -2.39. The molecule has 0 aliphatic heterocycles. The molecule has 0 bridgehead atoms. The van der Waals surface area contributed by atoms with Crippen LogP contribution in [-0.2, 0) is 9.78 Å². The van der Waals surface area contributed by atoms with Crippen molar-refractivity contribution < 1.29 is 9.78 Å². The zero-order valence-electron chi connectivity index (χ0n) is 14.8. The fourth-order valence-electron chi connectivity index (χ4n) is 2.70. The lowest BCUT2D eigenvalue weighted by Gasteiger charge is -2.37. The van der Waals surface area contributed by atoms with Crippen molar-refractivity contribution in [3.05, 3.63) is 0 Å². The molecule has 2 heteroatoms. The van der Waals surface area contributed by atoms with Gasteiger partial charge < -0.3 is 0 Å². The fraction of sp³-hybridized carbons (Fsp3) is 1.00. The molecule has 0 rings (SSSR count). The Morgan fingerprint density at radius 2 is 1.35 bits per heavy atom. The van der Waals surface area contributed by atoms with Crippen molar-refractivity contribution in [2.24, 2.45) is 5.92 Å².